The summed E-state index contributed by atoms with van der Waals surface area (Å²) in [5, 5.41) is 14.3. The van der Waals surface area contributed by atoms with Crippen molar-refractivity contribution in [2.45, 2.75) is 12.7 Å². The normalized spacial score (nSPS) is 11.8. The number of pyridine rings is 1. The van der Waals surface area contributed by atoms with Crippen LogP contribution in [0.15, 0.2) is 53.7 Å². The van der Waals surface area contributed by atoms with E-state index in [-0.39, 0.29) is 36.3 Å². The van der Waals surface area contributed by atoms with Gasteiger partial charge in [-0.25, -0.2) is 0 Å². The van der Waals surface area contributed by atoms with Crippen LogP contribution in [0.25, 0.3) is 5.65 Å². The zero-order valence-electron chi connectivity index (χ0n) is 15.5. The van der Waals surface area contributed by atoms with Crippen molar-refractivity contribution < 1.29 is 17.9 Å². The first-order valence-electron chi connectivity index (χ1n) is 8.50. The second-order valence-electron chi connectivity index (χ2n) is 5.77. The highest BCUT2D eigenvalue weighted by Gasteiger charge is 2.30. The standard InChI is InChI=1S/C18H19F3N6O.HI/c1-22-17(24-12-16-26-25-15-7-2-3-9-27(15)16)23-8-10-28-14-6-4-5-13(11-14)18(19,20)21;/h2-7,9,11H,8,10,12H2,1H3,(H2,22,23,24);1H. The number of hydrogen-bond acceptors (Lipinski definition) is 4. The Morgan fingerprint density at radius 3 is 2.72 bits per heavy atom. The lowest BCUT2D eigenvalue weighted by Crippen LogP contribution is -2.39. The zero-order valence-corrected chi connectivity index (χ0v) is 17.8. The molecule has 0 radical (unpaired) electrons. The smallest absolute Gasteiger partial charge is 0.416 e. The summed E-state index contributed by atoms with van der Waals surface area (Å²) in [5.41, 5.74) is 0.00713. The topological polar surface area (TPSA) is 75.8 Å². The van der Waals surface area contributed by atoms with Gasteiger partial charge in [-0.15, -0.1) is 34.2 Å². The van der Waals surface area contributed by atoms with E-state index in [0.29, 0.717) is 19.0 Å². The molecule has 0 aliphatic heterocycles. The zero-order chi connectivity index (χ0) is 20.0. The molecule has 156 valence electrons. The number of aliphatic imine (C=N–C) groups is 1. The Morgan fingerprint density at radius 2 is 1.97 bits per heavy atom. The van der Waals surface area contributed by atoms with Crippen LogP contribution in [0.5, 0.6) is 5.75 Å². The number of nitrogens with one attached hydrogen (secondary N) is 2. The number of hydrogen-bond donors (Lipinski definition) is 2. The van der Waals surface area contributed by atoms with E-state index in [4.69, 9.17) is 4.74 Å². The number of rotatable bonds is 6. The molecule has 0 saturated carbocycles. The van der Waals surface area contributed by atoms with Gasteiger partial charge in [-0.3, -0.25) is 9.39 Å². The first-order chi connectivity index (χ1) is 13.5. The summed E-state index contributed by atoms with van der Waals surface area (Å²) in [6.45, 7) is 0.936. The number of nitrogens with zero attached hydrogens (tertiary/aromatic N) is 4. The number of aromatic nitrogens is 3. The van der Waals surface area contributed by atoms with Gasteiger partial charge in [0.1, 0.15) is 12.4 Å². The van der Waals surface area contributed by atoms with Gasteiger partial charge in [-0.1, -0.05) is 12.1 Å². The highest BCUT2D eigenvalue weighted by molar-refractivity contribution is 14.0. The Labute approximate surface area is 182 Å². The van der Waals surface area contributed by atoms with Gasteiger partial charge < -0.3 is 15.4 Å². The first kappa shape index (κ1) is 22.7. The SMILES string of the molecule is CN=C(NCCOc1cccc(C(F)(F)F)c1)NCc1nnc2ccccn12.I. The molecule has 29 heavy (non-hydrogen) atoms. The second kappa shape index (κ2) is 10.3. The van der Waals surface area contributed by atoms with Crippen molar-refractivity contribution in [3.63, 3.8) is 0 Å². The van der Waals surface area contributed by atoms with Gasteiger partial charge >= 0.3 is 6.18 Å². The van der Waals surface area contributed by atoms with Crippen molar-refractivity contribution >= 4 is 35.6 Å². The van der Waals surface area contributed by atoms with Crippen molar-refractivity contribution in [3.05, 3.63) is 60.0 Å². The molecular formula is C18H20F3IN6O. The minimum Gasteiger partial charge on any atom is -0.492 e. The molecule has 0 unspecified atom stereocenters. The molecule has 0 fully saturated rings. The number of halogens is 4. The fourth-order valence-corrected chi connectivity index (χ4v) is 2.50. The van der Waals surface area contributed by atoms with Crippen LogP contribution < -0.4 is 15.4 Å². The third kappa shape index (κ3) is 6.21. The molecular weight excluding hydrogens is 500 g/mol. The van der Waals surface area contributed by atoms with Crippen LogP contribution in [0.3, 0.4) is 0 Å². The molecule has 0 bridgehead atoms. The summed E-state index contributed by atoms with van der Waals surface area (Å²) in [6.07, 6.45) is -2.53. The maximum atomic E-state index is 12.7. The quantitative estimate of drug-likeness (QED) is 0.226. The van der Waals surface area contributed by atoms with Gasteiger partial charge in [0.25, 0.3) is 0 Å². The number of alkyl halides is 3. The van der Waals surface area contributed by atoms with Crippen LogP contribution in [-0.4, -0.2) is 40.8 Å². The molecule has 0 aliphatic rings. The monoisotopic (exact) mass is 520 g/mol. The van der Waals surface area contributed by atoms with E-state index in [1.165, 1.54) is 12.1 Å². The number of benzene rings is 1. The average Bonchev–Trinajstić information content (AvgIpc) is 3.10. The van der Waals surface area contributed by atoms with E-state index in [1.807, 2.05) is 28.8 Å². The number of guanidine groups is 1. The first-order valence-corrected chi connectivity index (χ1v) is 8.50. The molecule has 0 spiro atoms. The van der Waals surface area contributed by atoms with Crippen molar-refractivity contribution in [3.8, 4) is 5.75 Å². The van der Waals surface area contributed by atoms with Gasteiger partial charge in [0.05, 0.1) is 18.7 Å². The summed E-state index contributed by atoms with van der Waals surface area (Å²) >= 11 is 0. The minimum absolute atomic E-state index is 0. The maximum Gasteiger partial charge on any atom is 0.416 e. The van der Waals surface area contributed by atoms with E-state index < -0.39 is 11.7 Å². The Balaban J connectivity index is 0.00000300. The molecule has 3 rings (SSSR count). The highest BCUT2D eigenvalue weighted by Crippen LogP contribution is 2.31. The van der Waals surface area contributed by atoms with Crippen LogP contribution in [0, 0.1) is 0 Å². The third-order valence-electron chi connectivity index (χ3n) is 3.85. The summed E-state index contributed by atoms with van der Waals surface area (Å²) in [4.78, 5) is 4.09. The fraction of sp³-hybridized carbons (Fsp3) is 0.278. The van der Waals surface area contributed by atoms with Crippen LogP contribution in [0.1, 0.15) is 11.4 Å². The lowest BCUT2D eigenvalue weighted by atomic mass is 10.2. The predicted molar refractivity (Wildman–Crippen MR) is 114 cm³/mol. The van der Waals surface area contributed by atoms with Crippen molar-refractivity contribution in [2.75, 3.05) is 20.2 Å². The van der Waals surface area contributed by atoms with E-state index in [9.17, 15) is 13.2 Å². The Hall–Kier alpha value is -2.57. The summed E-state index contributed by atoms with van der Waals surface area (Å²) < 4.78 is 45.3. The molecule has 0 saturated heterocycles. The van der Waals surface area contributed by atoms with E-state index in [1.54, 1.807) is 7.05 Å². The molecule has 3 aromatic rings. The van der Waals surface area contributed by atoms with Gasteiger partial charge in [-0.05, 0) is 30.3 Å². The molecule has 2 aromatic heterocycles. The largest absolute Gasteiger partial charge is 0.492 e. The lowest BCUT2D eigenvalue weighted by molar-refractivity contribution is -0.137. The van der Waals surface area contributed by atoms with Gasteiger partial charge in [0.15, 0.2) is 17.4 Å². The number of fused-ring (bicyclic) bond motifs is 1. The number of ether oxygens (including phenoxy) is 1. The van der Waals surface area contributed by atoms with Gasteiger partial charge in [-0.2, -0.15) is 13.2 Å². The third-order valence-corrected chi connectivity index (χ3v) is 3.85. The molecule has 11 heteroatoms. The summed E-state index contributed by atoms with van der Waals surface area (Å²) in [5.74, 6) is 1.40. The predicted octanol–water partition coefficient (Wildman–Crippen LogP) is 3.11. The van der Waals surface area contributed by atoms with E-state index in [2.05, 4.69) is 25.8 Å². The molecule has 2 N–H and O–H groups in total. The van der Waals surface area contributed by atoms with Crippen LogP contribution in [-0.2, 0) is 12.7 Å². The van der Waals surface area contributed by atoms with E-state index >= 15 is 0 Å². The average molecular weight is 520 g/mol. The second-order valence-corrected chi connectivity index (χ2v) is 5.77. The molecule has 0 amide bonds. The molecule has 0 aliphatic carbocycles. The maximum absolute atomic E-state index is 12.7. The minimum atomic E-state index is -4.39. The molecule has 2 heterocycles. The highest BCUT2D eigenvalue weighted by atomic mass is 127. The Morgan fingerprint density at radius 1 is 1.14 bits per heavy atom. The van der Waals surface area contributed by atoms with Gasteiger partial charge in [0, 0.05) is 13.2 Å². The van der Waals surface area contributed by atoms with Crippen LogP contribution >= 0.6 is 24.0 Å². The Kier molecular flexibility index (Phi) is 8.05. The summed E-state index contributed by atoms with van der Waals surface area (Å²) in [7, 11) is 1.62. The van der Waals surface area contributed by atoms with Crippen LogP contribution in [0.2, 0.25) is 0 Å². The lowest BCUT2D eigenvalue weighted by Gasteiger charge is -2.13. The summed E-state index contributed by atoms with van der Waals surface area (Å²) in [6, 6.07) is 10.4. The van der Waals surface area contributed by atoms with Crippen molar-refractivity contribution in [2.24, 2.45) is 4.99 Å². The van der Waals surface area contributed by atoms with E-state index in [0.717, 1.165) is 23.6 Å². The fourth-order valence-electron chi connectivity index (χ4n) is 2.50. The molecule has 1 aromatic carbocycles. The van der Waals surface area contributed by atoms with Crippen LogP contribution in [0.4, 0.5) is 13.2 Å². The molecule has 0 atom stereocenters. The van der Waals surface area contributed by atoms with Crippen molar-refractivity contribution in [1.29, 1.82) is 0 Å². The van der Waals surface area contributed by atoms with Crippen molar-refractivity contribution in [1.82, 2.24) is 25.2 Å². The van der Waals surface area contributed by atoms with Gasteiger partial charge in [0.2, 0.25) is 0 Å². The Bertz CT molecular complexity index is 960. The molecule has 7 nitrogen and oxygen atoms in total.